The van der Waals surface area contributed by atoms with E-state index in [1.807, 2.05) is 6.07 Å². The van der Waals surface area contributed by atoms with Gasteiger partial charge in [0.05, 0.1) is 5.60 Å². The maximum atomic E-state index is 13.2. The summed E-state index contributed by atoms with van der Waals surface area (Å²) in [5.74, 6) is 0.476. The Balaban J connectivity index is 1.94. The molecular formula is C16H23FO. The van der Waals surface area contributed by atoms with Gasteiger partial charge >= 0.3 is 0 Å². The normalized spacial score (nSPS) is 20.6. The summed E-state index contributed by atoms with van der Waals surface area (Å²) in [5, 5.41) is 10.5. The second kappa shape index (κ2) is 5.83. The minimum atomic E-state index is -0.903. The second-order valence-corrected chi connectivity index (χ2v) is 5.83. The molecule has 1 unspecified atom stereocenters. The summed E-state index contributed by atoms with van der Waals surface area (Å²) in [7, 11) is 0. The topological polar surface area (TPSA) is 20.2 Å². The molecular weight excluding hydrogens is 227 g/mol. The molecule has 0 amide bonds. The lowest BCUT2D eigenvalue weighted by molar-refractivity contribution is 0.0384. The Bertz CT molecular complexity index is 380. The average Bonchev–Trinajstić information content (AvgIpc) is 2.38. The summed E-state index contributed by atoms with van der Waals surface area (Å²) in [5.41, 5.74) is -0.210. The molecule has 0 radical (unpaired) electrons. The molecule has 0 saturated heterocycles. The van der Waals surface area contributed by atoms with Crippen LogP contribution in [0.25, 0.3) is 0 Å². The molecule has 1 aromatic carbocycles. The van der Waals surface area contributed by atoms with Gasteiger partial charge in [0.1, 0.15) is 5.82 Å². The zero-order chi connectivity index (χ0) is 13.0. The lowest BCUT2D eigenvalue weighted by atomic mass is 9.81. The number of rotatable bonds is 4. The van der Waals surface area contributed by atoms with Crippen LogP contribution in [-0.4, -0.2) is 5.11 Å². The van der Waals surface area contributed by atoms with Crippen LogP contribution in [0.2, 0.25) is 0 Å². The van der Waals surface area contributed by atoms with Gasteiger partial charge in [-0.3, -0.25) is 0 Å². The molecule has 1 atom stereocenters. The van der Waals surface area contributed by atoms with Crippen LogP contribution in [0.4, 0.5) is 4.39 Å². The monoisotopic (exact) mass is 250 g/mol. The van der Waals surface area contributed by atoms with Gasteiger partial charge < -0.3 is 5.11 Å². The summed E-state index contributed by atoms with van der Waals surface area (Å²) in [4.78, 5) is 0. The van der Waals surface area contributed by atoms with Crippen molar-refractivity contribution in [2.24, 2.45) is 5.92 Å². The van der Waals surface area contributed by atoms with E-state index < -0.39 is 5.60 Å². The Kier molecular flexibility index (Phi) is 4.39. The Hall–Kier alpha value is -0.890. The summed E-state index contributed by atoms with van der Waals surface area (Å²) in [6.07, 6.45) is 8.36. The molecule has 2 rings (SSSR count). The molecule has 1 saturated carbocycles. The van der Waals surface area contributed by atoms with Crippen LogP contribution in [-0.2, 0) is 5.60 Å². The molecule has 0 bridgehead atoms. The number of hydrogen-bond donors (Lipinski definition) is 1. The Morgan fingerprint density at radius 2 is 2.00 bits per heavy atom. The lowest BCUT2D eigenvalue weighted by Crippen LogP contribution is -2.23. The molecule has 1 nitrogen and oxygen atoms in total. The van der Waals surface area contributed by atoms with E-state index in [4.69, 9.17) is 0 Å². The van der Waals surface area contributed by atoms with E-state index >= 15 is 0 Å². The predicted molar refractivity (Wildman–Crippen MR) is 71.8 cm³/mol. The molecule has 0 heterocycles. The van der Waals surface area contributed by atoms with Crippen LogP contribution in [0.1, 0.15) is 57.4 Å². The highest BCUT2D eigenvalue weighted by molar-refractivity contribution is 5.22. The minimum absolute atomic E-state index is 0.273. The number of hydrogen-bond acceptors (Lipinski definition) is 1. The minimum Gasteiger partial charge on any atom is -0.385 e. The van der Waals surface area contributed by atoms with E-state index in [0.29, 0.717) is 5.56 Å². The van der Waals surface area contributed by atoms with Crippen molar-refractivity contribution in [2.45, 2.75) is 57.5 Å². The Labute approximate surface area is 109 Å². The van der Waals surface area contributed by atoms with E-state index in [0.717, 1.165) is 18.8 Å². The number of halogens is 1. The van der Waals surface area contributed by atoms with Crippen molar-refractivity contribution in [2.75, 3.05) is 0 Å². The fourth-order valence-corrected chi connectivity index (χ4v) is 2.93. The largest absolute Gasteiger partial charge is 0.385 e. The van der Waals surface area contributed by atoms with Crippen molar-refractivity contribution in [1.29, 1.82) is 0 Å². The molecule has 1 fully saturated rings. The van der Waals surface area contributed by atoms with Crippen molar-refractivity contribution in [3.05, 3.63) is 35.6 Å². The molecule has 0 aliphatic heterocycles. The van der Waals surface area contributed by atoms with E-state index in [-0.39, 0.29) is 5.82 Å². The van der Waals surface area contributed by atoms with Gasteiger partial charge in [-0.1, -0.05) is 44.2 Å². The fraction of sp³-hybridized carbons (Fsp3) is 0.625. The smallest absolute Gasteiger partial charge is 0.123 e. The summed E-state index contributed by atoms with van der Waals surface area (Å²) < 4.78 is 13.2. The zero-order valence-corrected chi connectivity index (χ0v) is 11.2. The summed E-state index contributed by atoms with van der Waals surface area (Å²) in [6.45, 7) is 1.80. The first-order valence-corrected chi connectivity index (χ1v) is 7.06. The molecule has 1 aliphatic rings. The standard InChI is InChI=1S/C16H23FO/c1-16(18,14-8-5-9-15(17)12-14)11-10-13-6-3-2-4-7-13/h5,8-9,12-13,18H,2-4,6-7,10-11H2,1H3. The van der Waals surface area contributed by atoms with Gasteiger partial charge in [0.25, 0.3) is 0 Å². The van der Waals surface area contributed by atoms with Crippen LogP contribution in [0, 0.1) is 11.7 Å². The maximum Gasteiger partial charge on any atom is 0.123 e. The van der Waals surface area contributed by atoms with Gasteiger partial charge in [0.15, 0.2) is 0 Å². The van der Waals surface area contributed by atoms with Gasteiger partial charge in [-0.15, -0.1) is 0 Å². The van der Waals surface area contributed by atoms with Crippen LogP contribution in [0.15, 0.2) is 24.3 Å². The quantitative estimate of drug-likeness (QED) is 0.840. The SMILES string of the molecule is CC(O)(CCC1CCCCC1)c1cccc(F)c1. The maximum absolute atomic E-state index is 13.2. The van der Waals surface area contributed by atoms with Crippen LogP contribution in [0.3, 0.4) is 0 Å². The first-order valence-electron chi connectivity index (χ1n) is 7.06. The van der Waals surface area contributed by atoms with Crippen molar-refractivity contribution in [3.8, 4) is 0 Å². The van der Waals surface area contributed by atoms with Crippen molar-refractivity contribution in [3.63, 3.8) is 0 Å². The van der Waals surface area contributed by atoms with E-state index in [2.05, 4.69) is 0 Å². The van der Waals surface area contributed by atoms with Crippen LogP contribution >= 0.6 is 0 Å². The predicted octanol–water partition coefficient (Wildman–Crippen LogP) is 4.39. The highest BCUT2D eigenvalue weighted by Crippen LogP contribution is 2.33. The highest BCUT2D eigenvalue weighted by Gasteiger charge is 2.25. The molecule has 100 valence electrons. The third kappa shape index (κ3) is 3.55. The average molecular weight is 250 g/mol. The van der Waals surface area contributed by atoms with E-state index in [1.54, 1.807) is 13.0 Å². The first-order chi connectivity index (χ1) is 8.58. The van der Waals surface area contributed by atoms with Crippen LogP contribution in [0.5, 0.6) is 0 Å². The molecule has 0 aromatic heterocycles. The summed E-state index contributed by atoms with van der Waals surface area (Å²) in [6, 6.07) is 6.34. The third-order valence-corrected chi connectivity index (χ3v) is 4.21. The Morgan fingerprint density at radius 3 is 2.67 bits per heavy atom. The molecule has 1 N–H and O–H groups in total. The van der Waals surface area contributed by atoms with Gasteiger partial charge in [-0.05, 0) is 43.4 Å². The summed E-state index contributed by atoms with van der Waals surface area (Å²) >= 11 is 0. The number of aliphatic hydroxyl groups is 1. The van der Waals surface area contributed by atoms with Gasteiger partial charge in [-0.2, -0.15) is 0 Å². The van der Waals surface area contributed by atoms with Crippen molar-refractivity contribution in [1.82, 2.24) is 0 Å². The first kappa shape index (κ1) is 13.5. The zero-order valence-electron chi connectivity index (χ0n) is 11.2. The van der Waals surface area contributed by atoms with E-state index in [9.17, 15) is 9.50 Å². The van der Waals surface area contributed by atoms with Crippen LogP contribution < -0.4 is 0 Å². The van der Waals surface area contributed by atoms with Gasteiger partial charge in [-0.25, -0.2) is 4.39 Å². The fourth-order valence-electron chi connectivity index (χ4n) is 2.93. The third-order valence-electron chi connectivity index (χ3n) is 4.21. The molecule has 0 spiro atoms. The highest BCUT2D eigenvalue weighted by atomic mass is 19.1. The number of benzene rings is 1. The van der Waals surface area contributed by atoms with Crippen molar-refractivity contribution >= 4 is 0 Å². The van der Waals surface area contributed by atoms with Gasteiger partial charge in [0, 0.05) is 0 Å². The molecule has 18 heavy (non-hydrogen) atoms. The van der Waals surface area contributed by atoms with Crippen molar-refractivity contribution < 1.29 is 9.50 Å². The Morgan fingerprint density at radius 1 is 1.28 bits per heavy atom. The molecule has 2 heteroatoms. The van der Waals surface area contributed by atoms with E-state index in [1.165, 1.54) is 44.2 Å². The van der Waals surface area contributed by atoms with Gasteiger partial charge in [0.2, 0.25) is 0 Å². The second-order valence-electron chi connectivity index (χ2n) is 5.83. The lowest BCUT2D eigenvalue weighted by Gasteiger charge is -2.28. The molecule has 1 aliphatic carbocycles. The molecule has 1 aromatic rings.